The number of methoxy groups -OCH3 is 1. The molecule has 4 rings (SSSR count). The van der Waals surface area contributed by atoms with Gasteiger partial charge in [-0.15, -0.1) is 10.2 Å². The molecule has 11 nitrogen and oxygen atoms in total. The molecular formula is C25H23Cl2N7O4. The predicted octanol–water partition coefficient (Wildman–Crippen LogP) is 4.39. The fourth-order valence-corrected chi connectivity index (χ4v) is 3.69. The van der Waals surface area contributed by atoms with Gasteiger partial charge in [0.05, 0.1) is 17.7 Å². The minimum absolute atomic E-state index is 0.156. The molecule has 0 bridgehead atoms. The summed E-state index contributed by atoms with van der Waals surface area (Å²) in [5, 5.41) is 21.2. The fourth-order valence-electron chi connectivity index (χ4n) is 3.25. The van der Waals surface area contributed by atoms with Crippen LogP contribution in [-0.2, 0) is 11.3 Å². The number of aromatic nitrogens is 4. The van der Waals surface area contributed by atoms with E-state index in [4.69, 9.17) is 32.7 Å². The van der Waals surface area contributed by atoms with Crippen molar-refractivity contribution < 1.29 is 19.1 Å². The van der Waals surface area contributed by atoms with E-state index in [1.807, 2.05) is 0 Å². The summed E-state index contributed by atoms with van der Waals surface area (Å²) in [5.41, 5.74) is 1.18. The lowest BCUT2D eigenvalue weighted by Crippen LogP contribution is -2.38. The van der Waals surface area contributed by atoms with E-state index in [9.17, 15) is 9.59 Å². The number of hydrogen-bond acceptors (Lipinski definition) is 7. The average molecular weight is 556 g/mol. The molecular weight excluding hydrogens is 533 g/mol. The van der Waals surface area contributed by atoms with Crippen LogP contribution in [0.3, 0.4) is 0 Å². The number of urea groups is 1. The maximum atomic E-state index is 12.3. The van der Waals surface area contributed by atoms with Crippen LogP contribution in [0.1, 0.15) is 0 Å². The van der Waals surface area contributed by atoms with Crippen LogP contribution in [0, 0.1) is 0 Å². The first-order chi connectivity index (χ1) is 18.4. The smallest absolute Gasteiger partial charge is 0.319 e. The largest absolute Gasteiger partial charge is 0.497 e. The van der Waals surface area contributed by atoms with Crippen molar-refractivity contribution in [3.63, 3.8) is 0 Å². The Hall–Kier alpha value is -4.35. The summed E-state index contributed by atoms with van der Waals surface area (Å²) in [6, 6.07) is 18.5. The van der Waals surface area contributed by atoms with Crippen molar-refractivity contribution in [3.8, 4) is 28.6 Å². The molecule has 196 valence electrons. The first-order valence-electron chi connectivity index (χ1n) is 11.4. The number of nitrogens with one attached hydrogen (secondary N) is 3. The van der Waals surface area contributed by atoms with Crippen LogP contribution in [-0.4, -0.2) is 52.3 Å². The second-order valence-electron chi connectivity index (χ2n) is 7.78. The van der Waals surface area contributed by atoms with Crippen LogP contribution in [0.2, 0.25) is 10.0 Å². The number of halogens is 2. The Morgan fingerprint density at radius 3 is 2.47 bits per heavy atom. The van der Waals surface area contributed by atoms with Crippen LogP contribution in [0.4, 0.5) is 10.5 Å². The Bertz CT molecular complexity index is 1410. The van der Waals surface area contributed by atoms with E-state index in [0.29, 0.717) is 38.5 Å². The standard InChI is InChI=1S/C25H23Cl2N7O4/c1-37-18-9-7-17(8-10-18)30-25(36)29-13-12-28-23(35)15-34-32-24(31-33-34)19-4-2-3-5-21(19)38-22-11-6-16(26)14-20(22)27/h2-11,14H,12-13,15H2,1H3,(H,28,35)(H2,29,30,36). The van der Waals surface area contributed by atoms with E-state index in [0.717, 1.165) is 0 Å². The van der Waals surface area contributed by atoms with Gasteiger partial charge in [-0.2, -0.15) is 4.80 Å². The summed E-state index contributed by atoms with van der Waals surface area (Å²) in [6.07, 6.45) is 0. The normalized spacial score (nSPS) is 10.5. The number of carbonyl (C=O) groups excluding carboxylic acids is 2. The van der Waals surface area contributed by atoms with E-state index in [1.165, 1.54) is 4.80 Å². The number of tetrazole rings is 1. The highest BCUT2D eigenvalue weighted by molar-refractivity contribution is 6.35. The van der Waals surface area contributed by atoms with Gasteiger partial charge in [0.2, 0.25) is 11.7 Å². The molecule has 0 aliphatic carbocycles. The van der Waals surface area contributed by atoms with Gasteiger partial charge < -0.3 is 25.4 Å². The number of ether oxygens (including phenoxy) is 2. The van der Waals surface area contributed by atoms with Crippen molar-refractivity contribution in [2.75, 3.05) is 25.5 Å². The van der Waals surface area contributed by atoms with Gasteiger partial charge in [0.15, 0.2) is 0 Å². The van der Waals surface area contributed by atoms with Gasteiger partial charge in [-0.3, -0.25) is 4.79 Å². The summed E-state index contributed by atoms with van der Waals surface area (Å²) < 4.78 is 11.0. The number of amides is 3. The third-order valence-corrected chi connectivity index (χ3v) is 5.59. The van der Waals surface area contributed by atoms with E-state index < -0.39 is 6.03 Å². The number of carbonyl (C=O) groups is 2. The molecule has 0 aliphatic heterocycles. The zero-order valence-corrected chi connectivity index (χ0v) is 21.7. The minimum Gasteiger partial charge on any atom is -0.497 e. The van der Waals surface area contributed by atoms with Crippen molar-refractivity contribution in [1.82, 2.24) is 30.8 Å². The molecule has 3 N–H and O–H groups in total. The Kier molecular flexibility index (Phi) is 8.96. The third-order valence-electron chi connectivity index (χ3n) is 5.06. The molecule has 0 atom stereocenters. The van der Waals surface area contributed by atoms with Crippen LogP contribution < -0.4 is 25.4 Å². The Labute approximate surface area is 228 Å². The highest BCUT2D eigenvalue weighted by Gasteiger charge is 2.15. The lowest BCUT2D eigenvalue weighted by Gasteiger charge is -2.10. The quantitative estimate of drug-likeness (QED) is 0.247. The summed E-state index contributed by atoms with van der Waals surface area (Å²) in [6.45, 7) is 0.285. The minimum atomic E-state index is -0.396. The predicted molar refractivity (Wildman–Crippen MR) is 143 cm³/mol. The van der Waals surface area contributed by atoms with Crippen molar-refractivity contribution >= 4 is 40.8 Å². The van der Waals surface area contributed by atoms with Crippen LogP contribution in [0.15, 0.2) is 66.7 Å². The zero-order valence-electron chi connectivity index (χ0n) is 20.1. The maximum Gasteiger partial charge on any atom is 0.319 e. The fraction of sp³-hybridized carbons (Fsp3) is 0.160. The third kappa shape index (κ3) is 7.34. The van der Waals surface area contributed by atoms with Crippen molar-refractivity contribution in [1.29, 1.82) is 0 Å². The van der Waals surface area contributed by atoms with Crippen molar-refractivity contribution in [3.05, 3.63) is 76.8 Å². The molecule has 0 spiro atoms. The molecule has 3 aromatic carbocycles. The summed E-state index contributed by atoms with van der Waals surface area (Å²) in [4.78, 5) is 25.5. The van der Waals surface area contributed by atoms with Gasteiger partial charge in [0.25, 0.3) is 0 Å². The molecule has 0 radical (unpaired) electrons. The number of rotatable bonds is 10. The molecule has 3 amide bonds. The zero-order chi connectivity index (χ0) is 26.9. The molecule has 13 heteroatoms. The van der Waals surface area contributed by atoms with Gasteiger partial charge in [0.1, 0.15) is 23.8 Å². The topological polar surface area (TPSA) is 132 Å². The highest BCUT2D eigenvalue weighted by atomic mass is 35.5. The summed E-state index contributed by atoms with van der Waals surface area (Å²) in [7, 11) is 1.57. The Morgan fingerprint density at radius 2 is 1.71 bits per heavy atom. The van der Waals surface area contributed by atoms with Crippen LogP contribution >= 0.6 is 23.2 Å². The van der Waals surface area contributed by atoms with Crippen LogP contribution in [0.5, 0.6) is 17.2 Å². The molecule has 0 unspecified atom stereocenters. The van der Waals surface area contributed by atoms with Gasteiger partial charge in [-0.25, -0.2) is 4.79 Å². The SMILES string of the molecule is COc1ccc(NC(=O)NCCNC(=O)Cn2nnc(-c3ccccc3Oc3ccc(Cl)cc3Cl)n2)cc1. The Morgan fingerprint density at radius 1 is 0.947 bits per heavy atom. The monoisotopic (exact) mass is 555 g/mol. The second-order valence-corrected chi connectivity index (χ2v) is 8.62. The van der Waals surface area contributed by atoms with E-state index in [1.54, 1.807) is 73.8 Å². The first-order valence-corrected chi connectivity index (χ1v) is 12.1. The summed E-state index contributed by atoms with van der Waals surface area (Å²) >= 11 is 12.2. The Balaban J connectivity index is 1.26. The van der Waals surface area contributed by atoms with Gasteiger partial charge in [-0.05, 0) is 59.8 Å². The highest BCUT2D eigenvalue weighted by Crippen LogP contribution is 2.35. The van der Waals surface area contributed by atoms with Gasteiger partial charge in [0, 0.05) is 23.8 Å². The lowest BCUT2D eigenvalue weighted by molar-refractivity contribution is -0.122. The number of anilines is 1. The number of nitrogens with zero attached hydrogens (tertiary/aromatic N) is 4. The molecule has 4 aromatic rings. The van der Waals surface area contributed by atoms with Crippen molar-refractivity contribution in [2.24, 2.45) is 0 Å². The average Bonchev–Trinajstić information content (AvgIpc) is 3.37. The number of hydrogen-bond donors (Lipinski definition) is 3. The maximum absolute atomic E-state index is 12.3. The number of para-hydroxylation sites is 1. The molecule has 38 heavy (non-hydrogen) atoms. The summed E-state index contributed by atoms with van der Waals surface area (Å²) in [5.74, 6) is 1.49. The molecule has 0 fully saturated rings. The van der Waals surface area contributed by atoms with E-state index in [2.05, 4.69) is 31.4 Å². The molecule has 1 aromatic heterocycles. The lowest BCUT2D eigenvalue weighted by atomic mass is 10.2. The van der Waals surface area contributed by atoms with Gasteiger partial charge in [-0.1, -0.05) is 35.3 Å². The van der Waals surface area contributed by atoms with E-state index in [-0.39, 0.29) is 31.4 Å². The molecule has 0 saturated heterocycles. The van der Waals surface area contributed by atoms with Crippen molar-refractivity contribution in [2.45, 2.75) is 6.54 Å². The van der Waals surface area contributed by atoms with Gasteiger partial charge >= 0.3 is 6.03 Å². The van der Waals surface area contributed by atoms with Crippen LogP contribution in [0.25, 0.3) is 11.4 Å². The second kappa shape index (κ2) is 12.7. The molecule has 0 aliphatic rings. The molecule has 1 heterocycles. The first kappa shape index (κ1) is 26.7. The number of benzene rings is 3. The van der Waals surface area contributed by atoms with E-state index >= 15 is 0 Å². The molecule has 0 saturated carbocycles.